The Hall–Kier alpha value is -0.900. The summed E-state index contributed by atoms with van der Waals surface area (Å²) in [6, 6.07) is 0. The molecule has 2 aliphatic heterocycles. The van der Waals surface area contributed by atoms with E-state index in [-0.39, 0.29) is 29.1 Å². The lowest BCUT2D eigenvalue weighted by molar-refractivity contribution is -0.143. The molecule has 4 nitrogen and oxygen atoms in total. The number of amides is 2. The molecule has 2 unspecified atom stereocenters. The Morgan fingerprint density at radius 1 is 1.25 bits per heavy atom. The fourth-order valence-electron chi connectivity index (χ4n) is 2.98. The molecule has 88 valence electrons. The summed E-state index contributed by atoms with van der Waals surface area (Å²) in [6.45, 7) is 4.83. The quantitative estimate of drug-likeness (QED) is 0.687. The normalized spacial score (nSPS) is 36.4. The average Bonchev–Trinajstić information content (AvgIpc) is 3.00. The maximum absolute atomic E-state index is 11.9. The molecule has 2 heterocycles. The largest absolute Gasteiger partial charge is 0.317 e. The topological polar surface area (TPSA) is 49.4 Å². The lowest BCUT2D eigenvalue weighted by Gasteiger charge is -2.37. The molecule has 2 saturated heterocycles. The predicted molar refractivity (Wildman–Crippen MR) is 58.5 cm³/mol. The van der Waals surface area contributed by atoms with Gasteiger partial charge in [0.1, 0.15) is 0 Å². The number of carbonyl (C=O) groups excluding carboxylic acids is 2. The maximum Gasteiger partial charge on any atom is 0.233 e. The van der Waals surface area contributed by atoms with Gasteiger partial charge in [0.25, 0.3) is 0 Å². The van der Waals surface area contributed by atoms with Gasteiger partial charge in [0.05, 0.1) is 11.8 Å². The standard InChI is InChI=1S/C12H18N2O2/c1-12(2-4-13-5-3-12)7-14-10(15)8-6-9(8)11(14)16/h8-9,13H,2-7H2,1H3. The zero-order valence-electron chi connectivity index (χ0n) is 9.66. The van der Waals surface area contributed by atoms with Crippen molar-refractivity contribution in [1.29, 1.82) is 0 Å². The molecule has 1 aliphatic carbocycles. The predicted octanol–water partition coefficient (Wildman–Crippen LogP) is 0.381. The monoisotopic (exact) mass is 222 g/mol. The van der Waals surface area contributed by atoms with E-state index in [0.717, 1.165) is 32.4 Å². The van der Waals surface area contributed by atoms with Crippen LogP contribution in [0.2, 0.25) is 0 Å². The van der Waals surface area contributed by atoms with Crippen molar-refractivity contribution in [3.05, 3.63) is 0 Å². The Kier molecular flexibility index (Phi) is 2.11. The van der Waals surface area contributed by atoms with Gasteiger partial charge in [0.15, 0.2) is 0 Å². The van der Waals surface area contributed by atoms with Crippen molar-refractivity contribution in [2.45, 2.75) is 26.2 Å². The molecule has 2 amide bonds. The van der Waals surface area contributed by atoms with Crippen molar-refractivity contribution in [2.24, 2.45) is 17.3 Å². The molecule has 0 bridgehead atoms. The van der Waals surface area contributed by atoms with Crippen LogP contribution in [0.3, 0.4) is 0 Å². The molecule has 1 N–H and O–H groups in total. The van der Waals surface area contributed by atoms with Gasteiger partial charge in [-0.25, -0.2) is 0 Å². The van der Waals surface area contributed by atoms with E-state index in [4.69, 9.17) is 0 Å². The Morgan fingerprint density at radius 2 is 1.81 bits per heavy atom. The van der Waals surface area contributed by atoms with Gasteiger partial charge in [0, 0.05) is 6.54 Å². The van der Waals surface area contributed by atoms with Crippen LogP contribution in [0.4, 0.5) is 0 Å². The number of likely N-dealkylation sites (tertiary alicyclic amines) is 1. The van der Waals surface area contributed by atoms with Crippen LogP contribution in [0, 0.1) is 17.3 Å². The van der Waals surface area contributed by atoms with Crippen molar-refractivity contribution in [1.82, 2.24) is 10.2 Å². The van der Waals surface area contributed by atoms with E-state index in [1.807, 2.05) is 0 Å². The van der Waals surface area contributed by atoms with Crippen LogP contribution in [-0.4, -0.2) is 36.3 Å². The van der Waals surface area contributed by atoms with Gasteiger partial charge in [-0.15, -0.1) is 0 Å². The van der Waals surface area contributed by atoms with Crippen molar-refractivity contribution in [3.63, 3.8) is 0 Å². The van der Waals surface area contributed by atoms with E-state index < -0.39 is 0 Å². The second kappa shape index (κ2) is 3.29. The number of nitrogens with one attached hydrogen (secondary N) is 1. The highest BCUT2D eigenvalue weighted by Gasteiger charge is 2.59. The van der Waals surface area contributed by atoms with Crippen LogP contribution < -0.4 is 5.32 Å². The molecule has 3 rings (SSSR count). The molecule has 4 heteroatoms. The number of hydrogen-bond acceptors (Lipinski definition) is 3. The summed E-state index contributed by atoms with van der Waals surface area (Å²) in [4.78, 5) is 25.3. The molecular weight excluding hydrogens is 204 g/mol. The summed E-state index contributed by atoms with van der Waals surface area (Å²) < 4.78 is 0. The highest BCUT2D eigenvalue weighted by Crippen LogP contribution is 2.48. The highest BCUT2D eigenvalue weighted by molar-refractivity contribution is 6.08. The molecule has 0 aromatic heterocycles. The molecule has 3 aliphatic rings. The van der Waals surface area contributed by atoms with Crippen LogP contribution in [0.5, 0.6) is 0 Å². The van der Waals surface area contributed by atoms with Crippen molar-refractivity contribution in [2.75, 3.05) is 19.6 Å². The third kappa shape index (κ3) is 1.47. The van der Waals surface area contributed by atoms with Gasteiger partial charge >= 0.3 is 0 Å². The minimum absolute atomic E-state index is 0.0535. The molecule has 0 radical (unpaired) electrons. The Bertz CT molecular complexity index is 327. The van der Waals surface area contributed by atoms with E-state index in [1.165, 1.54) is 4.90 Å². The van der Waals surface area contributed by atoms with E-state index in [9.17, 15) is 9.59 Å². The molecular formula is C12H18N2O2. The third-order valence-corrected chi connectivity index (χ3v) is 4.31. The van der Waals surface area contributed by atoms with Crippen molar-refractivity contribution in [3.8, 4) is 0 Å². The highest BCUT2D eigenvalue weighted by atomic mass is 16.2. The van der Waals surface area contributed by atoms with Gasteiger partial charge in [-0.2, -0.15) is 0 Å². The van der Waals surface area contributed by atoms with Gasteiger partial charge in [-0.05, 0) is 37.8 Å². The third-order valence-electron chi connectivity index (χ3n) is 4.31. The number of nitrogens with zero attached hydrogens (tertiary/aromatic N) is 1. The number of carbonyl (C=O) groups is 2. The molecule has 0 spiro atoms. The fourth-order valence-corrected chi connectivity index (χ4v) is 2.98. The SMILES string of the molecule is CC1(CN2C(=O)C3CC3C2=O)CCNCC1. The smallest absolute Gasteiger partial charge is 0.233 e. The Morgan fingerprint density at radius 3 is 2.38 bits per heavy atom. The summed E-state index contributed by atoms with van der Waals surface area (Å²) in [6.07, 6.45) is 2.92. The number of fused-ring (bicyclic) bond motifs is 1. The van der Waals surface area contributed by atoms with Crippen LogP contribution in [-0.2, 0) is 9.59 Å². The van der Waals surface area contributed by atoms with E-state index >= 15 is 0 Å². The molecule has 0 aromatic rings. The van der Waals surface area contributed by atoms with Gasteiger partial charge < -0.3 is 5.32 Å². The van der Waals surface area contributed by atoms with Crippen molar-refractivity contribution >= 4 is 11.8 Å². The molecule has 1 saturated carbocycles. The van der Waals surface area contributed by atoms with Gasteiger partial charge in [-0.1, -0.05) is 6.92 Å². The number of rotatable bonds is 2. The maximum atomic E-state index is 11.9. The number of imide groups is 1. The first kappa shape index (κ1) is 10.3. The second-order valence-electron chi connectivity index (χ2n) is 5.77. The van der Waals surface area contributed by atoms with Crippen LogP contribution in [0.15, 0.2) is 0 Å². The van der Waals surface area contributed by atoms with Gasteiger partial charge in [0.2, 0.25) is 11.8 Å². The average molecular weight is 222 g/mol. The van der Waals surface area contributed by atoms with E-state index in [2.05, 4.69) is 12.2 Å². The summed E-state index contributed by atoms with van der Waals surface area (Å²) in [5.74, 6) is 0.292. The molecule has 2 atom stereocenters. The van der Waals surface area contributed by atoms with Gasteiger partial charge in [-0.3, -0.25) is 14.5 Å². The minimum Gasteiger partial charge on any atom is -0.317 e. The zero-order valence-corrected chi connectivity index (χ0v) is 9.66. The second-order valence-corrected chi connectivity index (χ2v) is 5.77. The zero-order chi connectivity index (χ0) is 11.3. The number of hydrogen-bond donors (Lipinski definition) is 1. The summed E-state index contributed by atoms with van der Waals surface area (Å²) in [7, 11) is 0. The lowest BCUT2D eigenvalue weighted by atomic mass is 9.80. The molecule has 0 aromatic carbocycles. The Balaban J connectivity index is 1.70. The first-order valence-electron chi connectivity index (χ1n) is 6.17. The first-order valence-corrected chi connectivity index (χ1v) is 6.17. The number of piperidine rings is 2. The first-order chi connectivity index (χ1) is 7.61. The van der Waals surface area contributed by atoms with Crippen molar-refractivity contribution < 1.29 is 9.59 Å². The van der Waals surface area contributed by atoms with E-state index in [1.54, 1.807) is 0 Å². The fraction of sp³-hybridized carbons (Fsp3) is 0.833. The molecule has 16 heavy (non-hydrogen) atoms. The minimum atomic E-state index is 0.0535. The van der Waals surface area contributed by atoms with Crippen LogP contribution in [0.1, 0.15) is 26.2 Å². The lowest BCUT2D eigenvalue weighted by Crippen LogP contribution is -2.46. The van der Waals surface area contributed by atoms with Crippen LogP contribution >= 0.6 is 0 Å². The van der Waals surface area contributed by atoms with Crippen LogP contribution in [0.25, 0.3) is 0 Å². The Labute approximate surface area is 95.4 Å². The summed E-state index contributed by atoms with van der Waals surface area (Å²) in [5.41, 5.74) is 0.132. The van der Waals surface area contributed by atoms with E-state index in [0.29, 0.717) is 6.54 Å². The summed E-state index contributed by atoms with van der Waals surface area (Å²) in [5, 5.41) is 3.32. The molecule has 3 fully saturated rings. The summed E-state index contributed by atoms with van der Waals surface area (Å²) >= 11 is 0.